The van der Waals surface area contributed by atoms with E-state index in [1.165, 1.54) is 0 Å². The van der Waals surface area contributed by atoms with Crippen LogP contribution in [0.15, 0.2) is 60.7 Å². The van der Waals surface area contributed by atoms with Crippen molar-refractivity contribution in [1.29, 1.82) is 0 Å². The number of carbonyl (C=O) groups is 1. The van der Waals surface area contributed by atoms with Gasteiger partial charge in [0, 0.05) is 0 Å². The van der Waals surface area contributed by atoms with Gasteiger partial charge in [-0.25, -0.2) is 4.79 Å². The molecule has 0 aromatic heterocycles. The van der Waals surface area contributed by atoms with Crippen LogP contribution < -0.4 is 0 Å². The largest absolute Gasteiger partial charge is 0.459 e. The van der Waals surface area contributed by atoms with Gasteiger partial charge in [0.05, 0.1) is 24.4 Å². The molecule has 0 amide bonds. The second kappa shape index (κ2) is 11.5. The molecular weight excluding hydrogens is 432 g/mol. The summed E-state index contributed by atoms with van der Waals surface area (Å²) in [4.78, 5) is 12.2. The fourth-order valence-electron chi connectivity index (χ4n) is 4.59. The highest BCUT2D eigenvalue weighted by atomic mass is 16.8. The molecule has 5 atom stereocenters. The molecular formula is C28H36O6. The van der Waals surface area contributed by atoms with Crippen LogP contribution >= 0.6 is 0 Å². The number of hydrogen-bond donors (Lipinski definition) is 0. The predicted octanol–water partition coefficient (Wildman–Crippen LogP) is 5.64. The van der Waals surface area contributed by atoms with Crippen LogP contribution in [-0.2, 0) is 30.3 Å². The smallest absolute Gasteiger partial charge is 0.338 e. The monoisotopic (exact) mass is 468 g/mol. The van der Waals surface area contributed by atoms with Crippen molar-refractivity contribution >= 4 is 5.97 Å². The van der Waals surface area contributed by atoms with Gasteiger partial charge in [0.1, 0.15) is 12.2 Å². The molecule has 2 aliphatic rings. The second-order valence-corrected chi connectivity index (χ2v) is 9.62. The molecule has 6 heteroatoms. The predicted molar refractivity (Wildman–Crippen MR) is 128 cm³/mol. The van der Waals surface area contributed by atoms with Crippen molar-refractivity contribution < 1.29 is 28.5 Å². The van der Waals surface area contributed by atoms with Gasteiger partial charge in [-0.15, -0.1) is 0 Å². The van der Waals surface area contributed by atoms with Gasteiger partial charge in [-0.3, -0.25) is 0 Å². The highest BCUT2D eigenvalue weighted by molar-refractivity contribution is 5.89. The lowest BCUT2D eigenvalue weighted by molar-refractivity contribution is -0.219. The van der Waals surface area contributed by atoms with Crippen LogP contribution in [0.3, 0.4) is 0 Å². The average molecular weight is 469 g/mol. The summed E-state index contributed by atoms with van der Waals surface area (Å²) in [7, 11) is 0. The van der Waals surface area contributed by atoms with Crippen LogP contribution in [0.2, 0.25) is 0 Å². The van der Waals surface area contributed by atoms with Crippen molar-refractivity contribution in [2.45, 2.75) is 96.0 Å². The first-order valence-corrected chi connectivity index (χ1v) is 12.3. The van der Waals surface area contributed by atoms with Crippen LogP contribution in [0.25, 0.3) is 0 Å². The number of benzene rings is 2. The molecule has 0 unspecified atom stereocenters. The Balaban J connectivity index is 1.21. The van der Waals surface area contributed by atoms with Crippen LogP contribution in [0, 0.1) is 0 Å². The Labute approximate surface area is 202 Å². The first-order valence-electron chi connectivity index (χ1n) is 12.3. The molecule has 2 aliphatic heterocycles. The summed E-state index contributed by atoms with van der Waals surface area (Å²) in [6.45, 7) is 6.28. The topological polar surface area (TPSA) is 63.2 Å². The third kappa shape index (κ3) is 6.66. The zero-order chi connectivity index (χ0) is 24.0. The van der Waals surface area contributed by atoms with Gasteiger partial charge in [0.15, 0.2) is 12.1 Å². The molecule has 0 radical (unpaired) electrons. The van der Waals surface area contributed by atoms with E-state index in [4.69, 9.17) is 23.7 Å². The lowest BCUT2D eigenvalue weighted by atomic mass is 10.0. The molecule has 2 saturated heterocycles. The molecule has 0 N–H and O–H groups in total. The van der Waals surface area contributed by atoms with Crippen molar-refractivity contribution in [3.63, 3.8) is 0 Å². The van der Waals surface area contributed by atoms with Crippen molar-refractivity contribution in [3.8, 4) is 0 Å². The van der Waals surface area contributed by atoms with Gasteiger partial charge in [0.25, 0.3) is 0 Å². The van der Waals surface area contributed by atoms with E-state index >= 15 is 0 Å². The molecule has 0 aliphatic carbocycles. The first-order chi connectivity index (χ1) is 16.4. The molecule has 2 aromatic carbocycles. The molecule has 184 valence electrons. The lowest BCUT2D eigenvalue weighted by Crippen LogP contribution is -2.36. The minimum atomic E-state index is -0.665. The van der Waals surface area contributed by atoms with Crippen LogP contribution in [0.5, 0.6) is 0 Å². The maximum Gasteiger partial charge on any atom is 0.338 e. The standard InChI is InChI=1S/C28H36O6/c1-20(31-26(29)22-16-10-6-11-17-22)13-7-4-12-18-23-24(30-19-21-14-8-5-9-15-21)25-27(32-23)34-28(2,3)33-25/h5-6,8-11,14-17,20,23-25,27H,4,7,12-13,18-19H2,1-3H3/t20-,23-,24+,25-,27-/m1/s1. The Morgan fingerprint density at radius 1 is 0.971 bits per heavy atom. The minimum Gasteiger partial charge on any atom is -0.459 e. The van der Waals surface area contributed by atoms with E-state index in [1.807, 2.05) is 57.2 Å². The fraction of sp³-hybridized carbons (Fsp3) is 0.536. The Bertz CT molecular complexity index is 900. The van der Waals surface area contributed by atoms with E-state index in [0.717, 1.165) is 37.7 Å². The molecule has 2 aromatic rings. The molecule has 0 spiro atoms. The van der Waals surface area contributed by atoms with E-state index in [0.29, 0.717) is 12.2 Å². The zero-order valence-electron chi connectivity index (χ0n) is 20.4. The number of unbranched alkanes of at least 4 members (excludes halogenated alkanes) is 2. The van der Waals surface area contributed by atoms with Crippen molar-refractivity contribution in [3.05, 3.63) is 71.8 Å². The Morgan fingerprint density at radius 3 is 2.41 bits per heavy atom. The third-order valence-corrected chi connectivity index (χ3v) is 6.29. The normalized spacial score (nSPS) is 26.2. The number of hydrogen-bond acceptors (Lipinski definition) is 6. The highest BCUT2D eigenvalue weighted by Gasteiger charge is 2.55. The van der Waals surface area contributed by atoms with Crippen molar-refractivity contribution in [2.75, 3.05) is 0 Å². The molecule has 2 fully saturated rings. The Morgan fingerprint density at radius 2 is 1.68 bits per heavy atom. The summed E-state index contributed by atoms with van der Waals surface area (Å²) in [5.74, 6) is -0.928. The Hall–Kier alpha value is -2.25. The number of fused-ring (bicyclic) bond motifs is 1. The number of carbonyl (C=O) groups excluding carboxylic acids is 1. The first kappa shape index (κ1) is 24.9. The third-order valence-electron chi connectivity index (χ3n) is 6.29. The number of esters is 1. The molecule has 2 heterocycles. The number of ether oxygens (including phenoxy) is 5. The maximum atomic E-state index is 12.2. The van der Waals surface area contributed by atoms with E-state index in [-0.39, 0.29) is 30.4 Å². The zero-order valence-corrected chi connectivity index (χ0v) is 20.4. The molecule has 34 heavy (non-hydrogen) atoms. The van der Waals surface area contributed by atoms with E-state index in [2.05, 4.69) is 12.1 Å². The van der Waals surface area contributed by atoms with E-state index in [9.17, 15) is 4.79 Å². The summed E-state index contributed by atoms with van der Waals surface area (Å²) in [6.07, 6.45) is 3.76. The van der Waals surface area contributed by atoms with Crippen LogP contribution in [0.4, 0.5) is 0 Å². The van der Waals surface area contributed by atoms with Gasteiger partial charge >= 0.3 is 5.97 Å². The van der Waals surface area contributed by atoms with Gasteiger partial charge in [-0.05, 0) is 57.7 Å². The lowest BCUT2D eigenvalue weighted by Gasteiger charge is -2.26. The van der Waals surface area contributed by atoms with Crippen molar-refractivity contribution in [1.82, 2.24) is 0 Å². The van der Waals surface area contributed by atoms with Crippen LogP contribution in [-0.4, -0.2) is 42.5 Å². The van der Waals surface area contributed by atoms with E-state index < -0.39 is 12.1 Å². The minimum absolute atomic E-state index is 0.0665. The average Bonchev–Trinajstić information content (AvgIpc) is 3.29. The summed E-state index contributed by atoms with van der Waals surface area (Å²) >= 11 is 0. The van der Waals surface area contributed by atoms with Gasteiger partial charge < -0.3 is 23.7 Å². The summed E-state index contributed by atoms with van der Waals surface area (Å²) in [5.41, 5.74) is 1.72. The highest BCUT2D eigenvalue weighted by Crippen LogP contribution is 2.40. The van der Waals surface area contributed by atoms with Gasteiger partial charge in [0.2, 0.25) is 0 Å². The fourth-order valence-corrected chi connectivity index (χ4v) is 4.59. The quantitative estimate of drug-likeness (QED) is 0.314. The SMILES string of the molecule is C[C@H](CCCCC[C@H]1O[C@@H]2OC(C)(C)O[C@@H]2[C@H]1OCc1ccccc1)OC(=O)c1ccccc1. The summed E-state index contributed by atoms with van der Waals surface area (Å²) < 4.78 is 30.1. The maximum absolute atomic E-state index is 12.2. The molecule has 6 nitrogen and oxygen atoms in total. The second-order valence-electron chi connectivity index (χ2n) is 9.62. The van der Waals surface area contributed by atoms with Crippen LogP contribution in [0.1, 0.15) is 68.8 Å². The van der Waals surface area contributed by atoms with Gasteiger partial charge in [-0.1, -0.05) is 61.4 Å². The molecule has 4 rings (SSSR count). The molecule has 0 bridgehead atoms. The van der Waals surface area contributed by atoms with Crippen molar-refractivity contribution in [2.24, 2.45) is 0 Å². The van der Waals surface area contributed by atoms with Gasteiger partial charge in [-0.2, -0.15) is 0 Å². The van der Waals surface area contributed by atoms with E-state index in [1.54, 1.807) is 12.1 Å². The Kier molecular flexibility index (Phi) is 8.37. The summed E-state index contributed by atoms with van der Waals surface area (Å²) in [5, 5.41) is 0. The molecule has 0 saturated carbocycles. The number of rotatable bonds is 11. The summed E-state index contributed by atoms with van der Waals surface area (Å²) in [6, 6.07) is 19.3.